The van der Waals surface area contributed by atoms with Gasteiger partial charge in [0.1, 0.15) is 5.75 Å². The van der Waals surface area contributed by atoms with E-state index in [2.05, 4.69) is 15.5 Å². The van der Waals surface area contributed by atoms with Crippen molar-refractivity contribution >= 4 is 12.1 Å². The summed E-state index contributed by atoms with van der Waals surface area (Å²) in [6, 6.07) is 12.4. The molecule has 108 valence electrons. The highest BCUT2D eigenvalue weighted by molar-refractivity contribution is 5.94. The first kappa shape index (κ1) is 14.7. The topological polar surface area (TPSA) is 63.6 Å². The van der Waals surface area contributed by atoms with Gasteiger partial charge in [-0.25, -0.2) is 5.43 Å². The number of hydrogen-bond donors (Lipinski definition) is 1. The van der Waals surface area contributed by atoms with Gasteiger partial charge in [0.15, 0.2) is 0 Å². The van der Waals surface area contributed by atoms with E-state index in [0.29, 0.717) is 11.3 Å². The molecule has 0 aliphatic carbocycles. The average Bonchev–Trinajstić information content (AvgIpc) is 2.48. The maximum atomic E-state index is 11.9. The Hall–Kier alpha value is -2.69. The molecule has 1 aromatic heterocycles. The molecule has 2 rings (SSSR count). The molecular weight excluding hydrogens is 266 g/mol. The monoisotopic (exact) mass is 283 g/mol. The lowest BCUT2D eigenvalue weighted by Gasteiger charge is -2.09. The van der Waals surface area contributed by atoms with Crippen molar-refractivity contribution in [2.24, 2.45) is 5.10 Å². The summed E-state index contributed by atoms with van der Waals surface area (Å²) in [5.41, 5.74) is 3.65. The maximum Gasteiger partial charge on any atom is 0.271 e. The first-order valence-electron chi connectivity index (χ1n) is 6.66. The Morgan fingerprint density at radius 2 is 2.00 bits per heavy atom. The van der Waals surface area contributed by atoms with Crippen LogP contribution in [0.2, 0.25) is 0 Å². The lowest BCUT2D eigenvalue weighted by Crippen LogP contribution is -2.17. The zero-order chi connectivity index (χ0) is 15.1. The van der Waals surface area contributed by atoms with Crippen LogP contribution in [0.5, 0.6) is 5.75 Å². The molecule has 0 atom stereocenters. The van der Waals surface area contributed by atoms with Gasteiger partial charge in [-0.1, -0.05) is 6.07 Å². The summed E-state index contributed by atoms with van der Waals surface area (Å²) >= 11 is 0. The number of hydrazone groups is 1. The standard InChI is InChI=1S/C16H17N3O2/c1-12(2)21-15-8-6-13(7-9-15)16(20)19-18-11-14-5-3-4-10-17-14/h3-12H,1-2H3,(H,19,20)/b18-11-. The Bertz CT molecular complexity index is 607. The highest BCUT2D eigenvalue weighted by Crippen LogP contribution is 2.13. The quantitative estimate of drug-likeness (QED) is 0.677. The van der Waals surface area contributed by atoms with Gasteiger partial charge in [-0.15, -0.1) is 0 Å². The second kappa shape index (κ2) is 7.19. The van der Waals surface area contributed by atoms with Crippen LogP contribution in [0.3, 0.4) is 0 Å². The molecule has 0 saturated carbocycles. The maximum absolute atomic E-state index is 11.9. The van der Waals surface area contributed by atoms with Crippen LogP contribution in [0.15, 0.2) is 53.8 Å². The smallest absolute Gasteiger partial charge is 0.271 e. The van der Waals surface area contributed by atoms with E-state index in [9.17, 15) is 4.79 Å². The number of hydrogen-bond acceptors (Lipinski definition) is 4. The van der Waals surface area contributed by atoms with Crippen LogP contribution in [0.1, 0.15) is 29.9 Å². The van der Waals surface area contributed by atoms with E-state index in [0.717, 1.165) is 5.75 Å². The highest BCUT2D eigenvalue weighted by atomic mass is 16.5. The molecule has 0 saturated heterocycles. The van der Waals surface area contributed by atoms with Crippen LogP contribution < -0.4 is 10.2 Å². The molecule has 1 aromatic carbocycles. The number of amides is 1. The molecule has 2 aromatic rings. The first-order chi connectivity index (χ1) is 10.1. The van der Waals surface area contributed by atoms with Gasteiger partial charge in [0, 0.05) is 11.8 Å². The Balaban J connectivity index is 1.93. The van der Waals surface area contributed by atoms with E-state index in [1.165, 1.54) is 6.21 Å². The third kappa shape index (κ3) is 4.72. The number of aromatic nitrogens is 1. The van der Waals surface area contributed by atoms with Gasteiger partial charge in [0.2, 0.25) is 0 Å². The van der Waals surface area contributed by atoms with E-state index in [1.807, 2.05) is 26.0 Å². The molecule has 0 spiro atoms. The highest BCUT2D eigenvalue weighted by Gasteiger charge is 2.04. The van der Waals surface area contributed by atoms with Gasteiger partial charge < -0.3 is 4.74 Å². The van der Waals surface area contributed by atoms with Gasteiger partial charge >= 0.3 is 0 Å². The summed E-state index contributed by atoms with van der Waals surface area (Å²) in [6.45, 7) is 3.90. The SMILES string of the molecule is CC(C)Oc1ccc(C(=O)N/N=C\c2ccccn2)cc1. The second-order valence-electron chi connectivity index (χ2n) is 4.64. The van der Waals surface area contributed by atoms with E-state index in [4.69, 9.17) is 4.74 Å². The molecular formula is C16H17N3O2. The van der Waals surface area contributed by atoms with Crippen molar-refractivity contribution in [3.63, 3.8) is 0 Å². The molecule has 0 aliphatic heterocycles. The van der Waals surface area contributed by atoms with Gasteiger partial charge in [-0.2, -0.15) is 5.10 Å². The Kier molecular flexibility index (Phi) is 5.04. The number of carbonyl (C=O) groups excluding carboxylic acids is 1. The van der Waals surface area contributed by atoms with Gasteiger partial charge in [-0.3, -0.25) is 9.78 Å². The van der Waals surface area contributed by atoms with Crippen LogP contribution in [0.25, 0.3) is 0 Å². The third-order valence-corrected chi connectivity index (χ3v) is 2.54. The molecule has 0 fully saturated rings. The summed E-state index contributed by atoms with van der Waals surface area (Å²) in [5.74, 6) is 0.455. The molecule has 0 bridgehead atoms. The normalized spacial score (nSPS) is 10.8. The molecule has 1 N–H and O–H groups in total. The fourth-order valence-corrected chi connectivity index (χ4v) is 1.63. The lowest BCUT2D eigenvalue weighted by atomic mass is 10.2. The molecule has 21 heavy (non-hydrogen) atoms. The van der Waals surface area contributed by atoms with Crippen molar-refractivity contribution in [2.45, 2.75) is 20.0 Å². The van der Waals surface area contributed by atoms with Crippen molar-refractivity contribution in [1.29, 1.82) is 0 Å². The Morgan fingerprint density at radius 3 is 2.62 bits per heavy atom. The lowest BCUT2D eigenvalue weighted by molar-refractivity contribution is 0.0955. The van der Waals surface area contributed by atoms with Crippen molar-refractivity contribution < 1.29 is 9.53 Å². The number of benzene rings is 1. The van der Waals surface area contributed by atoms with Gasteiger partial charge in [0.05, 0.1) is 18.0 Å². The van der Waals surface area contributed by atoms with Crippen LogP contribution in [0.4, 0.5) is 0 Å². The van der Waals surface area contributed by atoms with Crippen LogP contribution in [-0.4, -0.2) is 23.2 Å². The van der Waals surface area contributed by atoms with Crippen molar-refractivity contribution in [2.75, 3.05) is 0 Å². The minimum Gasteiger partial charge on any atom is -0.491 e. The van der Waals surface area contributed by atoms with Crippen molar-refractivity contribution in [3.8, 4) is 5.75 Å². The predicted molar refractivity (Wildman–Crippen MR) is 81.5 cm³/mol. The largest absolute Gasteiger partial charge is 0.491 e. The van der Waals surface area contributed by atoms with E-state index < -0.39 is 0 Å². The molecule has 1 heterocycles. The summed E-state index contributed by atoms with van der Waals surface area (Å²) < 4.78 is 5.52. The number of rotatable bonds is 5. The number of nitrogens with zero attached hydrogens (tertiary/aromatic N) is 2. The zero-order valence-corrected chi connectivity index (χ0v) is 12.0. The molecule has 5 heteroatoms. The minimum atomic E-state index is -0.279. The first-order valence-corrected chi connectivity index (χ1v) is 6.66. The van der Waals surface area contributed by atoms with E-state index in [-0.39, 0.29) is 12.0 Å². The summed E-state index contributed by atoms with van der Waals surface area (Å²) in [4.78, 5) is 16.0. The van der Waals surface area contributed by atoms with Crippen LogP contribution in [0, 0.1) is 0 Å². The molecule has 0 radical (unpaired) electrons. The summed E-state index contributed by atoms with van der Waals surface area (Å²) in [5, 5.41) is 3.87. The Labute approximate surface area is 123 Å². The van der Waals surface area contributed by atoms with Gasteiger partial charge in [0.25, 0.3) is 5.91 Å². The molecule has 0 aliphatic rings. The summed E-state index contributed by atoms with van der Waals surface area (Å²) in [6.07, 6.45) is 3.26. The number of pyridine rings is 1. The fourth-order valence-electron chi connectivity index (χ4n) is 1.63. The molecule has 1 amide bonds. The second-order valence-corrected chi connectivity index (χ2v) is 4.64. The molecule has 5 nitrogen and oxygen atoms in total. The zero-order valence-electron chi connectivity index (χ0n) is 12.0. The number of ether oxygens (including phenoxy) is 1. The molecule has 0 unspecified atom stereocenters. The number of carbonyl (C=O) groups is 1. The van der Waals surface area contributed by atoms with Crippen LogP contribution >= 0.6 is 0 Å². The van der Waals surface area contributed by atoms with Gasteiger partial charge in [-0.05, 0) is 50.2 Å². The minimum absolute atomic E-state index is 0.104. The fraction of sp³-hybridized carbons (Fsp3) is 0.188. The average molecular weight is 283 g/mol. The predicted octanol–water partition coefficient (Wildman–Crippen LogP) is 2.63. The van der Waals surface area contributed by atoms with E-state index in [1.54, 1.807) is 36.5 Å². The van der Waals surface area contributed by atoms with Crippen LogP contribution in [-0.2, 0) is 0 Å². The van der Waals surface area contributed by atoms with Crippen molar-refractivity contribution in [3.05, 3.63) is 59.9 Å². The number of nitrogens with one attached hydrogen (secondary N) is 1. The Morgan fingerprint density at radius 1 is 1.24 bits per heavy atom. The van der Waals surface area contributed by atoms with E-state index >= 15 is 0 Å². The van der Waals surface area contributed by atoms with Crippen molar-refractivity contribution in [1.82, 2.24) is 10.4 Å². The third-order valence-electron chi connectivity index (χ3n) is 2.54. The summed E-state index contributed by atoms with van der Waals surface area (Å²) in [7, 11) is 0.